The van der Waals surface area contributed by atoms with E-state index in [0.717, 1.165) is 32.5 Å². The lowest BCUT2D eigenvalue weighted by atomic mass is 10.1. The highest BCUT2D eigenvalue weighted by Crippen LogP contribution is 2.45. The molecule has 0 radical (unpaired) electrons. The van der Waals surface area contributed by atoms with E-state index < -0.39 is 0 Å². The number of carbonyl (C=O) groups excluding carboxylic acids is 1. The molecular formula is C21H27N5O. The van der Waals surface area contributed by atoms with Crippen molar-refractivity contribution in [2.24, 2.45) is 11.8 Å². The molecule has 0 bridgehead atoms. The number of fused-ring (bicyclic) bond motifs is 1. The van der Waals surface area contributed by atoms with Gasteiger partial charge in [-0.2, -0.15) is 0 Å². The largest absolute Gasteiger partial charge is 0.347 e. The van der Waals surface area contributed by atoms with E-state index in [4.69, 9.17) is 0 Å². The van der Waals surface area contributed by atoms with Crippen LogP contribution in [0.5, 0.6) is 0 Å². The van der Waals surface area contributed by atoms with Crippen LogP contribution in [0.4, 0.5) is 0 Å². The summed E-state index contributed by atoms with van der Waals surface area (Å²) in [5.74, 6) is 1.03. The van der Waals surface area contributed by atoms with Crippen LogP contribution in [0.1, 0.15) is 35.0 Å². The highest BCUT2D eigenvalue weighted by molar-refractivity contribution is 5.92. The van der Waals surface area contributed by atoms with Gasteiger partial charge in [0, 0.05) is 32.2 Å². The number of benzene rings is 1. The van der Waals surface area contributed by atoms with Crippen LogP contribution in [-0.4, -0.2) is 44.9 Å². The van der Waals surface area contributed by atoms with Gasteiger partial charge in [0.25, 0.3) is 5.91 Å². The monoisotopic (exact) mass is 365 g/mol. The Kier molecular flexibility index (Phi) is 5.07. The molecule has 1 N–H and O–H groups in total. The lowest BCUT2D eigenvalue weighted by molar-refractivity contribution is 0.0937. The number of amides is 1. The summed E-state index contributed by atoms with van der Waals surface area (Å²) in [5, 5.41) is 11.1. The molecule has 2 fully saturated rings. The standard InChI is InChI=1S/C21H27N5O/c1-3-5-9-26-14-19(23-24-26)21(27)22-20-17-12-25(13-18(17)20)11-16-8-6-7-15(4-2)10-16/h3,6-8,10,14,17-18,20H,1,4-5,9,11-13H2,2H3,(H,22,27)/t17-,18+,20?. The minimum absolute atomic E-state index is 0.110. The maximum Gasteiger partial charge on any atom is 0.273 e. The highest BCUT2D eigenvalue weighted by Gasteiger charge is 2.56. The maximum atomic E-state index is 12.4. The van der Waals surface area contributed by atoms with E-state index in [0.29, 0.717) is 24.1 Å². The Morgan fingerprint density at radius 1 is 1.33 bits per heavy atom. The van der Waals surface area contributed by atoms with Gasteiger partial charge in [-0.15, -0.1) is 11.7 Å². The number of rotatable bonds is 8. The lowest BCUT2D eigenvalue weighted by Gasteiger charge is -2.20. The van der Waals surface area contributed by atoms with Crippen LogP contribution in [0.25, 0.3) is 0 Å². The van der Waals surface area contributed by atoms with Gasteiger partial charge in [-0.05, 0) is 35.8 Å². The number of aryl methyl sites for hydroxylation is 2. The van der Waals surface area contributed by atoms with Crippen molar-refractivity contribution in [3.8, 4) is 0 Å². The van der Waals surface area contributed by atoms with Gasteiger partial charge in [0.15, 0.2) is 5.69 Å². The van der Waals surface area contributed by atoms with E-state index in [1.807, 2.05) is 6.08 Å². The highest BCUT2D eigenvalue weighted by atomic mass is 16.2. The lowest BCUT2D eigenvalue weighted by Crippen LogP contribution is -2.34. The SMILES string of the molecule is C=CCCn1cc(C(=O)NC2[C@H]3CN(Cc4cccc(CC)c4)C[C@@H]23)nn1. The summed E-state index contributed by atoms with van der Waals surface area (Å²) >= 11 is 0. The summed E-state index contributed by atoms with van der Waals surface area (Å²) in [7, 11) is 0. The minimum Gasteiger partial charge on any atom is -0.347 e. The Morgan fingerprint density at radius 3 is 2.85 bits per heavy atom. The molecule has 2 aliphatic rings. The molecule has 1 aliphatic carbocycles. The summed E-state index contributed by atoms with van der Waals surface area (Å²) in [5.41, 5.74) is 3.17. The Hall–Kier alpha value is -2.47. The number of nitrogens with one attached hydrogen (secondary N) is 1. The van der Waals surface area contributed by atoms with E-state index >= 15 is 0 Å². The second-order valence-electron chi connectivity index (χ2n) is 7.64. The summed E-state index contributed by atoms with van der Waals surface area (Å²) in [6, 6.07) is 9.13. The van der Waals surface area contributed by atoms with E-state index in [2.05, 4.69) is 58.3 Å². The first-order valence-corrected chi connectivity index (χ1v) is 9.80. The van der Waals surface area contributed by atoms with E-state index in [9.17, 15) is 4.79 Å². The van der Waals surface area contributed by atoms with E-state index in [1.54, 1.807) is 10.9 Å². The van der Waals surface area contributed by atoms with Crippen molar-refractivity contribution in [1.82, 2.24) is 25.2 Å². The first-order chi connectivity index (χ1) is 13.2. The van der Waals surface area contributed by atoms with Crippen LogP contribution in [0.3, 0.4) is 0 Å². The Balaban J connectivity index is 1.25. The number of piperidine rings is 1. The fourth-order valence-electron chi connectivity index (χ4n) is 4.12. The van der Waals surface area contributed by atoms with Crippen molar-refractivity contribution in [3.63, 3.8) is 0 Å². The van der Waals surface area contributed by atoms with Gasteiger partial charge in [0.1, 0.15) is 0 Å². The van der Waals surface area contributed by atoms with Crippen molar-refractivity contribution in [2.45, 2.75) is 38.9 Å². The molecule has 1 aliphatic heterocycles. The molecule has 6 nitrogen and oxygen atoms in total. The zero-order chi connectivity index (χ0) is 18.8. The van der Waals surface area contributed by atoms with Gasteiger partial charge in [0.05, 0.1) is 6.20 Å². The molecular weight excluding hydrogens is 338 g/mol. The van der Waals surface area contributed by atoms with Crippen LogP contribution in [0.2, 0.25) is 0 Å². The van der Waals surface area contributed by atoms with Gasteiger partial charge < -0.3 is 5.32 Å². The van der Waals surface area contributed by atoms with Gasteiger partial charge in [-0.3, -0.25) is 14.4 Å². The third-order valence-corrected chi connectivity index (χ3v) is 5.71. The minimum atomic E-state index is -0.110. The molecule has 3 atom stereocenters. The molecule has 2 aromatic rings. The summed E-state index contributed by atoms with van der Waals surface area (Å²) in [6.07, 6.45) is 5.43. The van der Waals surface area contributed by atoms with Gasteiger partial charge >= 0.3 is 0 Å². The van der Waals surface area contributed by atoms with Crippen LogP contribution >= 0.6 is 0 Å². The van der Waals surface area contributed by atoms with Crippen LogP contribution in [-0.2, 0) is 19.5 Å². The fourth-order valence-corrected chi connectivity index (χ4v) is 4.12. The van der Waals surface area contributed by atoms with Crippen molar-refractivity contribution < 1.29 is 4.79 Å². The molecule has 4 rings (SSSR count). The molecule has 1 saturated heterocycles. The zero-order valence-corrected chi connectivity index (χ0v) is 15.8. The summed E-state index contributed by atoms with van der Waals surface area (Å²) < 4.78 is 1.69. The predicted molar refractivity (Wildman–Crippen MR) is 104 cm³/mol. The van der Waals surface area contributed by atoms with Crippen molar-refractivity contribution in [1.29, 1.82) is 0 Å². The van der Waals surface area contributed by atoms with Crippen molar-refractivity contribution in [2.75, 3.05) is 13.1 Å². The first kappa shape index (κ1) is 17.9. The number of carbonyl (C=O) groups is 1. The quantitative estimate of drug-likeness (QED) is 0.729. The van der Waals surface area contributed by atoms with Crippen LogP contribution in [0.15, 0.2) is 43.1 Å². The summed E-state index contributed by atoms with van der Waals surface area (Å²) in [4.78, 5) is 14.9. The maximum absolute atomic E-state index is 12.4. The third kappa shape index (κ3) is 3.95. The number of hydrogen-bond donors (Lipinski definition) is 1. The van der Waals surface area contributed by atoms with Crippen molar-refractivity contribution in [3.05, 3.63) is 59.9 Å². The molecule has 1 aromatic carbocycles. The molecule has 6 heteroatoms. The molecule has 27 heavy (non-hydrogen) atoms. The van der Waals surface area contributed by atoms with Crippen LogP contribution < -0.4 is 5.32 Å². The van der Waals surface area contributed by atoms with Gasteiger partial charge in [-0.25, -0.2) is 0 Å². The zero-order valence-electron chi connectivity index (χ0n) is 15.8. The molecule has 0 spiro atoms. The molecule has 1 saturated carbocycles. The first-order valence-electron chi connectivity index (χ1n) is 9.80. The smallest absolute Gasteiger partial charge is 0.273 e. The van der Waals surface area contributed by atoms with Crippen LogP contribution in [0, 0.1) is 11.8 Å². The Morgan fingerprint density at radius 2 is 2.11 bits per heavy atom. The Labute approximate surface area is 160 Å². The second kappa shape index (κ2) is 7.64. The molecule has 1 aromatic heterocycles. The molecule has 1 unspecified atom stereocenters. The molecule has 2 heterocycles. The number of allylic oxidation sites excluding steroid dienone is 1. The predicted octanol–water partition coefficient (Wildman–Crippen LogP) is 2.28. The molecule has 1 amide bonds. The number of nitrogens with zero attached hydrogens (tertiary/aromatic N) is 4. The van der Waals surface area contributed by atoms with E-state index in [-0.39, 0.29) is 11.9 Å². The van der Waals surface area contributed by atoms with E-state index in [1.165, 1.54) is 11.1 Å². The third-order valence-electron chi connectivity index (χ3n) is 5.71. The number of likely N-dealkylation sites (tertiary alicyclic amines) is 1. The second-order valence-corrected chi connectivity index (χ2v) is 7.64. The fraction of sp³-hybridized carbons (Fsp3) is 0.476. The number of hydrogen-bond acceptors (Lipinski definition) is 4. The summed E-state index contributed by atoms with van der Waals surface area (Å²) in [6.45, 7) is 9.69. The Bertz CT molecular complexity index is 817. The molecule has 142 valence electrons. The number of aromatic nitrogens is 3. The van der Waals surface area contributed by atoms with Gasteiger partial charge in [0.2, 0.25) is 0 Å². The van der Waals surface area contributed by atoms with Crippen molar-refractivity contribution >= 4 is 5.91 Å². The normalized spacial score (nSPS) is 23.8. The van der Waals surface area contributed by atoms with Gasteiger partial charge in [-0.1, -0.05) is 42.5 Å². The average molecular weight is 365 g/mol. The topological polar surface area (TPSA) is 63.1 Å². The average Bonchev–Trinajstić information content (AvgIpc) is 3.08.